The van der Waals surface area contributed by atoms with Crippen LogP contribution in [0, 0.1) is 11.6 Å². The number of esters is 1. The molecule has 0 radical (unpaired) electrons. The molecule has 0 saturated heterocycles. The van der Waals surface area contributed by atoms with E-state index in [0.29, 0.717) is 0 Å². The molecular weight excluding hydrogens is 346 g/mol. The Bertz CT molecular complexity index is 827. The second-order valence-corrected chi connectivity index (χ2v) is 5.15. The van der Waals surface area contributed by atoms with Crippen molar-refractivity contribution in [1.29, 1.82) is 0 Å². The number of rotatable bonds is 5. The highest BCUT2D eigenvalue weighted by Crippen LogP contribution is 2.27. The molecule has 2 aromatic rings. The van der Waals surface area contributed by atoms with Crippen LogP contribution in [0.3, 0.4) is 0 Å². The fourth-order valence-corrected chi connectivity index (χ4v) is 2.24. The number of amides is 1. The van der Waals surface area contributed by atoms with E-state index < -0.39 is 23.7 Å². The standard InChI is InChI=1S/C18H18F2N2O4/c1-3-22(11-8-9-13(19)14(20)10-11)18(24)26-15-7-5-6-12(16(15)21)17(23)25-4-2/h5-10H,3-4,21H2,1-2H3. The monoisotopic (exact) mass is 364 g/mol. The predicted octanol–water partition coefficient (Wildman–Crippen LogP) is 3.75. The summed E-state index contributed by atoms with van der Waals surface area (Å²) in [6, 6.07) is 7.39. The lowest BCUT2D eigenvalue weighted by molar-refractivity contribution is 0.0527. The van der Waals surface area contributed by atoms with Gasteiger partial charge in [-0.15, -0.1) is 0 Å². The Hall–Kier alpha value is -3.16. The van der Waals surface area contributed by atoms with Crippen molar-refractivity contribution < 1.29 is 27.8 Å². The van der Waals surface area contributed by atoms with Gasteiger partial charge < -0.3 is 15.2 Å². The SMILES string of the molecule is CCOC(=O)c1cccc(OC(=O)N(CC)c2ccc(F)c(F)c2)c1N. The van der Waals surface area contributed by atoms with E-state index in [2.05, 4.69) is 0 Å². The van der Waals surface area contributed by atoms with Crippen molar-refractivity contribution in [2.45, 2.75) is 13.8 Å². The highest BCUT2D eigenvalue weighted by molar-refractivity contribution is 5.97. The maximum Gasteiger partial charge on any atom is 0.419 e. The molecule has 8 heteroatoms. The predicted molar refractivity (Wildman–Crippen MR) is 92.2 cm³/mol. The Morgan fingerprint density at radius 3 is 2.46 bits per heavy atom. The molecule has 138 valence electrons. The Kier molecular flexibility index (Phi) is 6.11. The van der Waals surface area contributed by atoms with E-state index in [-0.39, 0.29) is 35.8 Å². The number of hydrogen-bond acceptors (Lipinski definition) is 5. The minimum Gasteiger partial charge on any atom is -0.462 e. The van der Waals surface area contributed by atoms with Gasteiger partial charge in [-0.05, 0) is 38.1 Å². The molecule has 0 aliphatic carbocycles. The van der Waals surface area contributed by atoms with Crippen molar-refractivity contribution in [3.8, 4) is 5.75 Å². The summed E-state index contributed by atoms with van der Waals surface area (Å²) in [5, 5.41) is 0. The summed E-state index contributed by atoms with van der Waals surface area (Å²) in [5.74, 6) is -2.79. The van der Waals surface area contributed by atoms with Gasteiger partial charge in [0.05, 0.1) is 23.5 Å². The normalized spacial score (nSPS) is 10.3. The highest BCUT2D eigenvalue weighted by atomic mass is 19.2. The van der Waals surface area contributed by atoms with Gasteiger partial charge in [-0.25, -0.2) is 18.4 Å². The molecule has 0 fully saturated rings. The quantitative estimate of drug-likeness (QED) is 0.645. The first-order chi connectivity index (χ1) is 12.4. The Labute approximate surface area is 149 Å². The number of benzene rings is 2. The molecule has 2 aromatic carbocycles. The van der Waals surface area contributed by atoms with Crippen LogP contribution in [0.5, 0.6) is 5.75 Å². The molecule has 0 aromatic heterocycles. The summed E-state index contributed by atoms with van der Waals surface area (Å²) in [6.45, 7) is 3.60. The van der Waals surface area contributed by atoms with Crippen LogP contribution in [-0.2, 0) is 4.74 Å². The van der Waals surface area contributed by atoms with E-state index in [9.17, 15) is 18.4 Å². The first-order valence-corrected chi connectivity index (χ1v) is 7.89. The zero-order valence-corrected chi connectivity index (χ0v) is 14.3. The molecule has 0 heterocycles. The molecule has 2 N–H and O–H groups in total. The number of anilines is 2. The molecule has 0 unspecified atom stereocenters. The third-order valence-corrected chi connectivity index (χ3v) is 3.51. The molecule has 0 saturated carbocycles. The number of nitrogens with zero attached hydrogens (tertiary/aromatic N) is 1. The zero-order chi connectivity index (χ0) is 19.3. The van der Waals surface area contributed by atoms with Gasteiger partial charge >= 0.3 is 12.1 Å². The number of halogens is 2. The minimum absolute atomic E-state index is 0.0402. The fraction of sp³-hybridized carbons (Fsp3) is 0.222. The van der Waals surface area contributed by atoms with Gasteiger partial charge in [0.2, 0.25) is 0 Å². The molecule has 0 spiro atoms. The maximum atomic E-state index is 13.4. The lowest BCUT2D eigenvalue weighted by Crippen LogP contribution is -2.33. The Balaban J connectivity index is 2.26. The van der Waals surface area contributed by atoms with E-state index in [1.54, 1.807) is 13.8 Å². The topological polar surface area (TPSA) is 81.9 Å². The minimum atomic E-state index is -1.09. The molecular formula is C18H18F2N2O4. The van der Waals surface area contributed by atoms with Gasteiger partial charge in [0.1, 0.15) is 0 Å². The van der Waals surface area contributed by atoms with E-state index in [4.69, 9.17) is 15.2 Å². The van der Waals surface area contributed by atoms with Crippen LogP contribution in [0.4, 0.5) is 25.0 Å². The van der Waals surface area contributed by atoms with E-state index in [1.807, 2.05) is 0 Å². The molecule has 0 atom stereocenters. The highest BCUT2D eigenvalue weighted by Gasteiger charge is 2.21. The van der Waals surface area contributed by atoms with Crippen molar-refractivity contribution in [1.82, 2.24) is 0 Å². The van der Waals surface area contributed by atoms with Crippen molar-refractivity contribution in [2.24, 2.45) is 0 Å². The number of nitrogens with two attached hydrogens (primary N) is 1. The molecule has 0 bridgehead atoms. The number of hydrogen-bond donors (Lipinski definition) is 1. The van der Waals surface area contributed by atoms with Gasteiger partial charge in [-0.1, -0.05) is 6.07 Å². The smallest absolute Gasteiger partial charge is 0.419 e. The van der Waals surface area contributed by atoms with E-state index >= 15 is 0 Å². The third kappa shape index (κ3) is 4.08. The van der Waals surface area contributed by atoms with E-state index in [0.717, 1.165) is 17.0 Å². The van der Waals surface area contributed by atoms with Crippen molar-refractivity contribution in [3.05, 3.63) is 53.6 Å². The average Bonchev–Trinajstić information content (AvgIpc) is 2.60. The van der Waals surface area contributed by atoms with Gasteiger partial charge in [0.15, 0.2) is 17.4 Å². The van der Waals surface area contributed by atoms with Crippen molar-refractivity contribution in [3.63, 3.8) is 0 Å². The second-order valence-electron chi connectivity index (χ2n) is 5.15. The van der Waals surface area contributed by atoms with Crippen LogP contribution in [0.15, 0.2) is 36.4 Å². The number of carbonyl (C=O) groups excluding carboxylic acids is 2. The van der Waals surface area contributed by atoms with Crippen LogP contribution >= 0.6 is 0 Å². The van der Waals surface area contributed by atoms with Gasteiger partial charge in [0.25, 0.3) is 0 Å². The maximum absolute atomic E-state index is 13.4. The second kappa shape index (κ2) is 8.28. The largest absolute Gasteiger partial charge is 0.462 e. The van der Waals surface area contributed by atoms with Gasteiger partial charge in [-0.2, -0.15) is 0 Å². The lowest BCUT2D eigenvalue weighted by atomic mass is 10.1. The lowest BCUT2D eigenvalue weighted by Gasteiger charge is -2.21. The fourth-order valence-electron chi connectivity index (χ4n) is 2.24. The molecule has 1 amide bonds. The number of para-hydroxylation sites is 1. The molecule has 0 aliphatic heterocycles. The molecule has 0 aliphatic rings. The summed E-state index contributed by atoms with van der Waals surface area (Å²) in [6.07, 6.45) is -0.855. The number of nitrogen functional groups attached to an aromatic ring is 1. The number of ether oxygens (including phenoxy) is 2. The summed E-state index contributed by atoms with van der Waals surface area (Å²) in [4.78, 5) is 25.4. The van der Waals surface area contributed by atoms with Crippen LogP contribution in [0.25, 0.3) is 0 Å². The summed E-state index contributed by atoms with van der Waals surface area (Å²) < 4.78 is 36.6. The van der Waals surface area contributed by atoms with Crippen LogP contribution < -0.4 is 15.4 Å². The summed E-state index contributed by atoms with van der Waals surface area (Å²) in [7, 11) is 0. The Morgan fingerprint density at radius 2 is 1.85 bits per heavy atom. The molecule has 26 heavy (non-hydrogen) atoms. The molecule has 2 rings (SSSR count). The first kappa shape index (κ1) is 19.2. The van der Waals surface area contributed by atoms with Crippen molar-refractivity contribution in [2.75, 3.05) is 23.8 Å². The van der Waals surface area contributed by atoms with Crippen LogP contribution in [0.2, 0.25) is 0 Å². The molecule has 6 nitrogen and oxygen atoms in total. The Morgan fingerprint density at radius 1 is 1.12 bits per heavy atom. The first-order valence-electron chi connectivity index (χ1n) is 7.89. The zero-order valence-electron chi connectivity index (χ0n) is 14.3. The average molecular weight is 364 g/mol. The van der Waals surface area contributed by atoms with Crippen LogP contribution in [0.1, 0.15) is 24.2 Å². The summed E-state index contributed by atoms with van der Waals surface area (Å²) >= 11 is 0. The van der Waals surface area contributed by atoms with Gasteiger partial charge in [0, 0.05) is 12.6 Å². The van der Waals surface area contributed by atoms with Crippen LogP contribution in [-0.4, -0.2) is 25.2 Å². The van der Waals surface area contributed by atoms with Crippen molar-refractivity contribution >= 4 is 23.4 Å². The summed E-state index contributed by atoms with van der Waals surface area (Å²) in [5.41, 5.74) is 6.01. The van der Waals surface area contributed by atoms with E-state index in [1.165, 1.54) is 24.3 Å². The number of carbonyl (C=O) groups is 2. The van der Waals surface area contributed by atoms with Gasteiger partial charge in [-0.3, -0.25) is 4.90 Å². The third-order valence-electron chi connectivity index (χ3n) is 3.51.